The number of halogens is 2. The number of aromatic nitrogens is 2. The van der Waals surface area contributed by atoms with Crippen molar-refractivity contribution in [1.29, 1.82) is 0 Å². The van der Waals surface area contributed by atoms with Gasteiger partial charge in [0.25, 0.3) is 0 Å². The van der Waals surface area contributed by atoms with Crippen molar-refractivity contribution in [3.8, 4) is 11.4 Å². The molecule has 1 aliphatic heterocycles. The van der Waals surface area contributed by atoms with E-state index in [4.69, 9.17) is 0 Å². The van der Waals surface area contributed by atoms with Crippen molar-refractivity contribution >= 4 is 57.3 Å². The van der Waals surface area contributed by atoms with Crippen LogP contribution in [-0.4, -0.2) is 48.4 Å². The molecule has 10 heteroatoms. The number of imidazole rings is 1. The number of amides is 1. The van der Waals surface area contributed by atoms with Crippen LogP contribution in [0.2, 0.25) is 0 Å². The van der Waals surface area contributed by atoms with Gasteiger partial charge in [-0.2, -0.15) is 0 Å². The van der Waals surface area contributed by atoms with Crippen molar-refractivity contribution in [1.82, 2.24) is 15.3 Å². The number of fused-ring (bicyclic) bond motifs is 1. The summed E-state index contributed by atoms with van der Waals surface area (Å²) < 4.78 is 23.3. The molecule has 0 atom stereocenters. The van der Waals surface area contributed by atoms with Gasteiger partial charge < -0.3 is 15.6 Å². The van der Waals surface area contributed by atoms with Crippen LogP contribution in [0.5, 0.6) is 0 Å². The molecule has 1 aromatic heterocycles. The molecule has 3 N–H and O–H groups in total. The summed E-state index contributed by atoms with van der Waals surface area (Å²) in [7, 11) is -3.54. The third-order valence-electron chi connectivity index (χ3n) is 5.34. The number of sulfone groups is 1. The van der Waals surface area contributed by atoms with Gasteiger partial charge in [0.15, 0.2) is 14.6 Å². The number of carbonyl (C=O) groups is 1. The zero-order valence-electron chi connectivity index (χ0n) is 16.3. The normalized spacial score (nSPS) is 15.6. The lowest BCUT2D eigenvalue weighted by Gasteiger charge is -2.34. The lowest BCUT2D eigenvalue weighted by atomic mass is 9.95. The Morgan fingerprint density at radius 2 is 1.67 bits per heavy atom. The maximum absolute atomic E-state index is 12.9. The van der Waals surface area contributed by atoms with Crippen LogP contribution >= 0.6 is 24.8 Å². The number of carbonyl (C=O) groups excluding carboxylic acids is 1. The summed E-state index contributed by atoms with van der Waals surface area (Å²) in [4.78, 5) is 20.7. The first-order chi connectivity index (χ1) is 13.4. The minimum Gasteiger partial charge on any atom is -0.338 e. The van der Waals surface area contributed by atoms with Gasteiger partial charge in [0.05, 0.1) is 11.0 Å². The first-order valence-electron chi connectivity index (χ1n) is 9.16. The molecule has 30 heavy (non-hydrogen) atoms. The quantitative estimate of drug-likeness (QED) is 0.542. The van der Waals surface area contributed by atoms with E-state index in [0.29, 0.717) is 18.8 Å². The van der Waals surface area contributed by atoms with E-state index in [1.54, 1.807) is 12.1 Å². The summed E-state index contributed by atoms with van der Waals surface area (Å²) in [5.41, 5.74) is 3.28. The molecule has 1 amide bonds. The van der Waals surface area contributed by atoms with E-state index >= 15 is 0 Å². The predicted molar refractivity (Wildman–Crippen MR) is 124 cm³/mol. The molecule has 3 aromatic rings. The fraction of sp³-hybridized carbons (Fsp3) is 0.300. The molecule has 0 radical (unpaired) electrons. The topological polar surface area (TPSA) is 104 Å². The molecule has 4 rings (SSSR count). The summed E-state index contributed by atoms with van der Waals surface area (Å²) in [5.74, 6) is 0.276. The number of hydrogen-bond acceptors (Lipinski definition) is 5. The highest BCUT2D eigenvalue weighted by Gasteiger charge is 2.48. The number of anilines is 1. The molecule has 1 fully saturated rings. The maximum atomic E-state index is 12.9. The molecule has 7 nitrogen and oxygen atoms in total. The van der Waals surface area contributed by atoms with Crippen molar-refractivity contribution in [3.05, 3.63) is 48.5 Å². The second-order valence-corrected chi connectivity index (χ2v) is 9.48. The van der Waals surface area contributed by atoms with Gasteiger partial charge in [-0.3, -0.25) is 4.79 Å². The van der Waals surface area contributed by atoms with Gasteiger partial charge in [-0.25, -0.2) is 13.4 Å². The number of H-pyrrole nitrogens is 1. The zero-order valence-corrected chi connectivity index (χ0v) is 18.8. The van der Waals surface area contributed by atoms with Crippen molar-refractivity contribution in [2.24, 2.45) is 0 Å². The van der Waals surface area contributed by atoms with E-state index in [2.05, 4.69) is 20.6 Å². The second kappa shape index (κ2) is 9.34. The lowest BCUT2D eigenvalue weighted by Crippen LogP contribution is -2.55. The molecule has 0 unspecified atom stereocenters. The summed E-state index contributed by atoms with van der Waals surface area (Å²) in [5, 5.41) is 5.90. The molecule has 2 heterocycles. The summed E-state index contributed by atoms with van der Waals surface area (Å²) in [6, 6.07) is 15.0. The van der Waals surface area contributed by atoms with Gasteiger partial charge in [-0.05, 0) is 62.3 Å². The summed E-state index contributed by atoms with van der Waals surface area (Å²) in [6.07, 6.45) is 1.69. The maximum Gasteiger partial charge on any atom is 0.245 e. The highest BCUT2D eigenvalue weighted by atomic mass is 35.5. The summed E-state index contributed by atoms with van der Waals surface area (Å²) >= 11 is 0. The molecule has 0 saturated carbocycles. The molecule has 162 valence electrons. The van der Waals surface area contributed by atoms with Crippen molar-refractivity contribution in [3.63, 3.8) is 0 Å². The van der Waals surface area contributed by atoms with Crippen molar-refractivity contribution < 1.29 is 13.2 Å². The fourth-order valence-electron chi connectivity index (χ4n) is 3.64. The van der Waals surface area contributed by atoms with Gasteiger partial charge in [0, 0.05) is 17.5 Å². The van der Waals surface area contributed by atoms with Crippen LogP contribution in [0.3, 0.4) is 0 Å². The van der Waals surface area contributed by atoms with Gasteiger partial charge in [-0.1, -0.05) is 12.1 Å². The van der Waals surface area contributed by atoms with Gasteiger partial charge in [-0.15, -0.1) is 24.8 Å². The number of benzene rings is 2. The molecule has 0 spiro atoms. The molecule has 2 aromatic carbocycles. The number of rotatable bonds is 4. The fourth-order valence-corrected chi connectivity index (χ4v) is 4.98. The van der Waals surface area contributed by atoms with Crippen LogP contribution in [-0.2, 0) is 14.6 Å². The van der Waals surface area contributed by atoms with Gasteiger partial charge >= 0.3 is 0 Å². The molecule has 0 bridgehead atoms. The third kappa shape index (κ3) is 4.46. The number of aromatic amines is 1. The monoisotopic (exact) mass is 470 g/mol. The second-order valence-electron chi connectivity index (χ2n) is 7.15. The first-order valence-corrected chi connectivity index (χ1v) is 11.1. The Balaban J connectivity index is 0.00000160. The Morgan fingerprint density at radius 3 is 2.27 bits per heavy atom. The van der Waals surface area contributed by atoms with Crippen molar-refractivity contribution in [2.75, 3.05) is 24.7 Å². The minimum absolute atomic E-state index is 0. The largest absolute Gasteiger partial charge is 0.338 e. The van der Waals surface area contributed by atoms with E-state index in [9.17, 15) is 13.2 Å². The van der Waals surface area contributed by atoms with E-state index < -0.39 is 20.5 Å². The molecule has 0 aliphatic carbocycles. The number of hydrogen-bond donors (Lipinski definition) is 3. The minimum atomic E-state index is -3.54. The molecular formula is C20H24Cl2N4O3S. The van der Waals surface area contributed by atoms with E-state index in [1.807, 2.05) is 36.4 Å². The summed E-state index contributed by atoms with van der Waals surface area (Å²) in [6.45, 7) is 1.01. The SMILES string of the molecule is CS(=O)(=O)C1(C(=O)Nc2ccc(-c3nc4ccccc4[nH]3)cc2)CCNCC1.Cl.Cl. The predicted octanol–water partition coefficient (Wildman–Crippen LogP) is 3.18. The van der Waals surface area contributed by atoms with Crippen LogP contribution in [0.25, 0.3) is 22.4 Å². The molecular weight excluding hydrogens is 447 g/mol. The zero-order chi connectivity index (χ0) is 19.8. The smallest absolute Gasteiger partial charge is 0.245 e. The highest BCUT2D eigenvalue weighted by Crippen LogP contribution is 2.30. The Bertz CT molecular complexity index is 1090. The Morgan fingerprint density at radius 1 is 1.03 bits per heavy atom. The first kappa shape index (κ1) is 24.1. The number of nitrogens with one attached hydrogen (secondary N) is 3. The van der Waals surface area contributed by atoms with Gasteiger partial charge in [0.1, 0.15) is 5.82 Å². The molecule has 1 saturated heterocycles. The van der Waals surface area contributed by atoms with E-state index in [-0.39, 0.29) is 37.7 Å². The molecule has 1 aliphatic rings. The van der Waals surface area contributed by atoms with Gasteiger partial charge in [0.2, 0.25) is 5.91 Å². The Hall–Kier alpha value is -2.13. The Labute approximate surface area is 187 Å². The van der Waals surface area contributed by atoms with E-state index in [1.165, 1.54) is 0 Å². The van der Waals surface area contributed by atoms with Crippen LogP contribution in [0, 0.1) is 0 Å². The van der Waals surface area contributed by atoms with Crippen LogP contribution in [0.15, 0.2) is 48.5 Å². The number of nitrogens with zero attached hydrogens (tertiary/aromatic N) is 1. The standard InChI is InChI=1S/C20H22N4O3S.2ClH/c1-28(26,27)20(10-12-21-13-11-20)19(25)22-15-8-6-14(7-9-15)18-23-16-4-2-3-5-17(16)24-18;;/h2-9,21H,10-13H2,1H3,(H,22,25)(H,23,24);2*1H. The van der Waals surface area contributed by atoms with Crippen LogP contribution in [0.1, 0.15) is 12.8 Å². The van der Waals surface area contributed by atoms with Crippen molar-refractivity contribution in [2.45, 2.75) is 17.6 Å². The number of piperidine rings is 1. The highest BCUT2D eigenvalue weighted by molar-refractivity contribution is 7.92. The van der Waals surface area contributed by atoms with Crippen LogP contribution < -0.4 is 10.6 Å². The average molecular weight is 471 g/mol. The average Bonchev–Trinajstić information content (AvgIpc) is 3.12. The number of para-hydroxylation sites is 2. The Kier molecular flexibility index (Phi) is 7.52. The van der Waals surface area contributed by atoms with Crippen LogP contribution in [0.4, 0.5) is 5.69 Å². The third-order valence-corrected chi connectivity index (χ3v) is 7.35. The lowest BCUT2D eigenvalue weighted by molar-refractivity contribution is -0.119. The van der Waals surface area contributed by atoms with E-state index in [0.717, 1.165) is 28.7 Å².